The van der Waals surface area contributed by atoms with Gasteiger partial charge in [0.15, 0.2) is 0 Å². The predicted octanol–water partition coefficient (Wildman–Crippen LogP) is 4.40. The van der Waals surface area contributed by atoms with Gasteiger partial charge in [0.05, 0.1) is 41.9 Å². The van der Waals surface area contributed by atoms with Crippen LogP contribution >= 0.6 is 22.9 Å². The van der Waals surface area contributed by atoms with Crippen LogP contribution in [0.2, 0.25) is 4.34 Å². The highest BCUT2D eigenvalue weighted by Gasteiger charge is 2.20. The van der Waals surface area contributed by atoms with Crippen LogP contribution in [-0.2, 0) is 17.8 Å². The first kappa shape index (κ1) is 26.9. The Labute approximate surface area is 244 Å². The largest absolute Gasteiger partial charge is 0.378 e. The second-order valence-corrected chi connectivity index (χ2v) is 11.2. The Morgan fingerprint density at radius 1 is 1.05 bits per heavy atom. The van der Waals surface area contributed by atoms with Gasteiger partial charge >= 0.3 is 0 Å². The molecule has 1 aliphatic rings. The molecule has 6 rings (SSSR count). The second-order valence-electron chi connectivity index (χ2n) is 9.41. The van der Waals surface area contributed by atoms with Crippen LogP contribution in [0.25, 0.3) is 11.3 Å². The number of carbonyl (C=O) groups excluding carboxylic acids is 1. The van der Waals surface area contributed by atoms with Crippen molar-refractivity contribution in [2.24, 2.45) is 0 Å². The molecule has 0 atom stereocenters. The fraction of sp³-hybridized carbons (Fsp3) is 0.207. The molecule has 0 aliphatic carbocycles. The van der Waals surface area contributed by atoms with E-state index in [1.54, 1.807) is 53.4 Å². The summed E-state index contributed by atoms with van der Waals surface area (Å²) in [7, 11) is 0. The number of hydrogen-bond donors (Lipinski definition) is 1. The van der Waals surface area contributed by atoms with E-state index in [0.29, 0.717) is 52.4 Å². The molecule has 0 bridgehead atoms. The van der Waals surface area contributed by atoms with Crippen molar-refractivity contribution in [1.82, 2.24) is 24.5 Å². The summed E-state index contributed by atoms with van der Waals surface area (Å²) in [6.07, 6.45) is 3.28. The van der Waals surface area contributed by atoms with E-state index >= 15 is 0 Å². The van der Waals surface area contributed by atoms with E-state index in [2.05, 4.69) is 25.5 Å². The fourth-order valence-electron chi connectivity index (χ4n) is 4.63. The Morgan fingerprint density at radius 2 is 1.88 bits per heavy atom. The molecular weight excluding hydrogens is 562 g/mol. The molecule has 0 unspecified atom stereocenters. The molecule has 0 radical (unpaired) electrons. The van der Waals surface area contributed by atoms with E-state index in [9.17, 15) is 9.59 Å². The maximum Gasteiger partial charge on any atom is 0.280 e. The molecule has 1 N–H and O–H groups in total. The van der Waals surface area contributed by atoms with Gasteiger partial charge in [0.2, 0.25) is 0 Å². The third-order valence-corrected chi connectivity index (χ3v) is 7.95. The molecule has 5 heterocycles. The Bertz CT molecular complexity index is 1710. The Balaban J connectivity index is 1.32. The minimum atomic E-state index is -0.313. The van der Waals surface area contributed by atoms with E-state index in [4.69, 9.17) is 16.3 Å². The van der Waals surface area contributed by atoms with Crippen molar-refractivity contribution in [2.75, 3.05) is 36.5 Å². The fourth-order valence-corrected chi connectivity index (χ4v) is 5.65. The number of benzene rings is 1. The van der Waals surface area contributed by atoms with Gasteiger partial charge in [-0.2, -0.15) is 20.0 Å². The van der Waals surface area contributed by atoms with E-state index in [0.717, 1.165) is 23.7 Å². The standard InChI is InChI=1S/C29H26ClN7O3S/c30-26-10-9-23(41-26)18-31-27-17-25(24-4-2-12-36(29(24)39)19-21-3-1-11-32-33-21)34-37(27)28(38)20-5-7-22(8-6-20)35-13-15-40-16-14-35/h1-12,17,31H,13-16,18-19H2. The molecule has 10 nitrogen and oxygen atoms in total. The molecular formula is C29H26ClN7O3S. The number of halogens is 1. The molecule has 0 spiro atoms. The first-order valence-corrected chi connectivity index (χ1v) is 14.3. The highest BCUT2D eigenvalue weighted by Crippen LogP contribution is 2.25. The lowest BCUT2D eigenvalue weighted by Gasteiger charge is -2.28. The SMILES string of the molecule is O=C(c1ccc(N2CCOCC2)cc1)n1nc(-c2cccn(Cc3cccnn3)c2=O)cc1NCc1ccc(Cl)s1. The maximum absolute atomic E-state index is 13.7. The van der Waals surface area contributed by atoms with Crippen LogP contribution in [0.3, 0.4) is 0 Å². The molecule has 1 aliphatic heterocycles. The topological polar surface area (TPSA) is 107 Å². The van der Waals surface area contributed by atoms with Crippen molar-refractivity contribution >= 4 is 40.4 Å². The summed E-state index contributed by atoms with van der Waals surface area (Å²) in [5, 5.41) is 15.9. The van der Waals surface area contributed by atoms with Crippen LogP contribution in [-0.4, -0.2) is 56.8 Å². The third kappa shape index (κ3) is 6.07. The molecule has 12 heteroatoms. The minimum absolute atomic E-state index is 0.248. The Hall–Kier alpha value is -4.32. The number of morpholine rings is 1. The summed E-state index contributed by atoms with van der Waals surface area (Å²) >= 11 is 7.56. The van der Waals surface area contributed by atoms with Crippen molar-refractivity contribution in [3.63, 3.8) is 0 Å². The summed E-state index contributed by atoms with van der Waals surface area (Å²) in [6, 6.07) is 20.0. The van der Waals surface area contributed by atoms with E-state index < -0.39 is 0 Å². The monoisotopic (exact) mass is 587 g/mol. The smallest absolute Gasteiger partial charge is 0.280 e. The molecule has 208 valence electrons. The van der Waals surface area contributed by atoms with E-state index in [1.807, 2.05) is 30.3 Å². The molecule has 1 saturated heterocycles. The first-order chi connectivity index (χ1) is 20.0. The van der Waals surface area contributed by atoms with Gasteiger partial charge in [0.1, 0.15) is 11.5 Å². The number of aromatic nitrogens is 5. The minimum Gasteiger partial charge on any atom is -0.378 e. The number of nitrogens with one attached hydrogen (secondary N) is 1. The van der Waals surface area contributed by atoms with Crippen LogP contribution in [0, 0.1) is 0 Å². The average molecular weight is 588 g/mol. The van der Waals surface area contributed by atoms with Crippen LogP contribution in [0.4, 0.5) is 11.5 Å². The second kappa shape index (κ2) is 12.0. The number of nitrogens with zero attached hydrogens (tertiary/aromatic N) is 6. The normalized spacial score (nSPS) is 13.3. The molecule has 5 aromatic rings. The lowest BCUT2D eigenvalue weighted by molar-refractivity contribution is 0.0947. The van der Waals surface area contributed by atoms with Gasteiger partial charge in [0.25, 0.3) is 11.5 Å². The number of hydrogen-bond acceptors (Lipinski definition) is 9. The van der Waals surface area contributed by atoms with Crippen LogP contribution in [0.1, 0.15) is 20.9 Å². The number of carbonyl (C=O) groups is 1. The van der Waals surface area contributed by atoms with Gasteiger partial charge in [-0.25, -0.2) is 0 Å². The number of rotatable bonds is 8. The highest BCUT2D eigenvalue weighted by atomic mass is 35.5. The maximum atomic E-state index is 13.7. The highest BCUT2D eigenvalue weighted by molar-refractivity contribution is 7.16. The van der Waals surface area contributed by atoms with Crippen molar-refractivity contribution < 1.29 is 9.53 Å². The number of anilines is 2. The lowest BCUT2D eigenvalue weighted by atomic mass is 10.1. The van der Waals surface area contributed by atoms with E-state index in [1.165, 1.54) is 16.0 Å². The third-order valence-electron chi connectivity index (χ3n) is 6.72. The quantitative estimate of drug-likeness (QED) is 0.285. The summed E-state index contributed by atoms with van der Waals surface area (Å²) in [6.45, 7) is 3.68. The molecule has 4 aromatic heterocycles. The van der Waals surface area contributed by atoms with Gasteiger partial charge in [-0.05, 0) is 60.7 Å². The molecule has 0 amide bonds. The molecule has 41 heavy (non-hydrogen) atoms. The number of ether oxygens (including phenoxy) is 1. The van der Waals surface area contributed by atoms with Crippen molar-refractivity contribution in [1.29, 1.82) is 0 Å². The Kier molecular flexibility index (Phi) is 7.90. The first-order valence-electron chi connectivity index (χ1n) is 13.1. The summed E-state index contributed by atoms with van der Waals surface area (Å²) in [5.41, 5.74) is 2.67. The van der Waals surface area contributed by atoms with Gasteiger partial charge in [-0.3, -0.25) is 9.59 Å². The van der Waals surface area contributed by atoms with Crippen LogP contribution < -0.4 is 15.8 Å². The molecule has 0 saturated carbocycles. The van der Waals surface area contributed by atoms with Gasteiger partial charge in [-0.1, -0.05) is 11.6 Å². The zero-order chi connectivity index (χ0) is 28.2. The van der Waals surface area contributed by atoms with Gasteiger partial charge in [-0.15, -0.1) is 11.3 Å². The lowest BCUT2D eigenvalue weighted by Crippen LogP contribution is -2.36. The van der Waals surface area contributed by atoms with Crippen molar-refractivity contribution in [3.8, 4) is 11.3 Å². The van der Waals surface area contributed by atoms with Crippen LogP contribution in [0.5, 0.6) is 0 Å². The molecule has 1 fully saturated rings. The summed E-state index contributed by atoms with van der Waals surface area (Å²) < 4.78 is 8.99. The van der Waals surface area contributed by atoms with Gasteiger partial charge in [0, 0.05) is 47.7 Å². The van der Waals surface area contributed by atoms with Gasteiger partial charge < -0.3 is 19.5 Å². The van der Waals surface area contributed by atoms with E-state index in [-0.39, 0.29) is 18.0 Å². The average Bonchev–Trinajstić information content (AvgIpc) is 3.64. The zero-order valence-electron chi connectivity index (χ0n) is 21.9. The summed E-state index contributed by atoms with van der Waals surface area (Å²) in [4.78, 5) is 30.4. The summed E-state index contributed by atoms with van der Waals surface area (Å²) in [5.74, 6) is 0.155. The number of thiophene rings is 1. The zero-order valence-corrected chi connectivity index (χ0v) is 23.5. The molecule has 1 aromatic carbocycles. The van der Waals surface area contributed by atoms with Crippen molar-refractivity contribution in [3.05, 3.63) is 110 Å². The van der Waals surface area contributed by atoms with Crippen molar-refractivity contribution in [2.45, 2.75) is 13.1 Å². The predicted molar refractivity (Wildman–Crippen MR) is 159 cm³/mol. The van der Waals surface area contributed by atoms with Crippen LogP contribution in [0.15, 0.2) is 83.9 Å². The Morgan fingerprint density at radius 3 is 2.61 bits per heavy atom. The number of pyridine rings is 1.